The fraction of sp³-hybridized carbons (Fsp3) is 0.300. The quantitative estimate of drug-likeness (QED) is 0.781. The standard InChI is InChI=1S/C10H11F2NS/c11-8-4-5-9(12)7(6-8)2-1-3-10(13)14/h4-6H,1-3H2,(H2,13,14). The highest BCUT2D eigenvalue weighted by Crippen LogP contribution is 2.12. The number of hydrogen-bond donors (Lipinski definition) is 1. The number of rotatable bonds is 4. The zero-order valence-electron chi connectivity index (χ0n) is 7.59. The van der Waals surface area contributed by atoms with Crippen LogP contribution in [0.25, 0.3) is 0 Å². The average Bonchev–Trinajstić information content (AvgIpc) is 2.10. The maximum Gasteiger partial charge on any atom is 0.126 e. The fourth-order valence-electron chi connectivity index (χ4n) is 1.19. The van der Waals surface area contributed by atoms with Crippen LogP contribution in [-0.4, -0.2) is 4.99 Å². The highest BCUT2D eigenvalue weighted by Gasteiger charge is 2.03. The van der Waals surface area contributed by atoms with Gasteiger partial charge in [-0.1, -0.05) is 12.2 Å². The maximum absolute atomic E-state index is 13.1. The number of benzene rings is 1. The summed E-state index contributed by atoms with van der Waals surface area (Å²) >= 11 is 4.68. The monoisotopic (exact) mass is 215 g/mol. The molecule has 1 rings (SSSR count). The van der Waals surface area contributed by atoms with Crippen molar-refractivity contribution >= 4 is 17.2 Å². The van der Waals surface area contributed by atoms with Crippen LogP contribution in [0, 0.1) is 11.6 Å². The van der Waals surface area contributed by atoms with Gasteiger partial charge in [0.05, 0.1) is 4.99 Å². The molecule has 76 valence electrons. The van der Waals surface area contributed by atoms with E-state index in [1.54, 1.807) is 0 Å². The third kappa shape index (κ3) is 3.38. The fourth-order valence-corrected chi connectivity index (χ4v) is 1.33. The van der Waals surface area contributed by atoms with Crippen molar-refractivity contribution < 1.29 is 8.78 Å². The molecule has 0 bridgehead atoms. The van der Waals surface area contributed by atoms with Crippen molar-refractivity contribution in [3.8, 4) is 0 Å². The Morgan fingerprint density at radius 2 is 2.07 bits per heavy atom. The molecule has 1 aromatic carbocycles. The Morgan fingerprint density at radius 3 is 2.71 bits per heavy atom. The predicted octanol–water partition coefficient (Wildman–Crippen LogP) is 2.57. The normalized spacial score (nSPS) is 10.1. The molecule has 0 amide bonds. The molecule has 14 heavy (non-hydrogen) atoms. The van der Waals surface area contributed by atoms with Crippen LogP contribution in [0.4, 0.5) is 8.78 Å². The minimum Gasteiger partial charge on any atom is -0.393 e. The minimum absolute atomic E-state index is 0.376. The van der Waals surface area contributed by atoms with Crippen LogP contribution in [0.3, 0.4) is 0 Å². The van der Waals surface area contributed by atoms with Gasteiger partial charge >= 0.3 is 0 Å². The van der Waals surface area contributed by atoms with Crippen molar-refractivity contribution in [1.82, 2.24) is 0 Å². The molecule has 0 heterocycles. The summed E-state index contributed by atoms with van der Waals surface area (Å²) in [7, 11) is 0. The molecule has 0 radical (unpaired) electrons. The van der Waals surface area contributed by atoms with Gasteiger partial charge in [0.2, 0.25) is 0 Å². The van der Waals surface area contributed by atoms with Crippen molar-refractivity contribution in [3.63, 3.8) is 0 Å². The van der Waals surface area contributed by atoms with E-state index in [0.29, 0.717) is 29.8 Å². The van der Waals surface area contributed by atoms with Crippen molar-refractivity contribution in [2.75, 3.05) is 0 Å². The van der Waals surface area contributed by atoms with E-state index in [1.807, 2.05) is 0 Å². The summed E-state index contributed by atoms with van der Waals surface area (Å²) in [6, 6.07) is 3.44. The SMILES string of the molecule is NC(=S)CCCc1cc(F)ccc1F. The van der Waals surface area contributed by atoms with Crippen molar-refractivity contribution in [3.05, 3.63) is 35.4 Å². The first kappa shape index (κ1) is 11.0. The lowest BCUT2D eigenvalue weighted by Crippen LogP contribution is -2.07. The van der Waals surface area contributed by atoms with E-state index in [-0.39, 0.29) is 5.82 Å². The zero-order chi connectivity index (χ0) is 10.6. The number of hydrogen-bond acceptors (Lipinski definition) is 1. The molecule has 0 aliphatic heterocycles. The topological polar surface area (TPSA) is 26.0 Å². The second-order valence-corrected chi connectivity index (χ2v) is 3.58. The number of aryl methyl sites for hydroxylation is 1. The van der Waals surface area contributed by atoms with E-state index in [1.165, 1.54) is 6.07 Å². The van der Waals surface area contributed by atoms with Gasteiger partial charge in [0.25, 0.3) is 0 Å². The second-order valence-electron chi connectivity index (χ2n) is 3.06. The summed E-state index contributed by atoms with van der Waals surface area (Å²) in [4.78, 5) is 0.404. The molecule has 0 spiro atoms. The summed E-state index contributed by atoms with van der Waals surface area (Å²) in [5.41, 5.74) is 5.66. The van der Waals surface area contributed by atoms with Crippen molar-refractivity contribution in [2.45, 2.75) is 19.3 Å². The molecule has 0 fully saturated rings. The van der Waals surface area contributed by atoms with Crippen LogP contribution >= 0.6 is 12.2 Å². The van der Waals surface area contributed by atoms with E-state index in [2.05, 4.69) is 12.2 Å². The first-order valence-corrected chi connectivity index (χ1v) is 4.72. The van der Waals surface area contributed by atoms with Crippen LogP contribution < -0.4 is 5.73 Å². The molecule has 2 N–H and O–H groups in total. The van der Waals surface area contributed by atoms with E-state index >= 15 is 0 Å². The lowest BCUT2D eigenvalue weighted by atomic mass is 10.1. The third-order valence-electron chi connectivity index (χ3n) is 1.88. The second kappa shape index (κ2) is 5.00. The first-order valence-electron chi connectivity index (χ1n) is 4.32. The van der Waals surface area contributed by atoms with E-state index < -0.39 is 5.82 Å². The van der Waals surface area contributed by atoms with E-state index in [0.717, 1.165) is 12.1 Å². The van der Waals surface area contributed by atoms with Crippen LogP contribution in [0.1, 0.15) is 18.4 Å². The highest BCUT2D eigenvalue weighted by atomic mass is 32.1. The predicted molar refractivity (Wildman–Crippen MR) is 56.1 cm³/mol. The van der Waals surface area contributed by atoms with Gasteiger partial charge in [-0.25, -0.2) is 8.78 Å². The number of thiocarbonyl (C=S) groups is 1. The smallest absolute Gasteiger partial charge is 0.126 e. The summed E-state index contributed by atoms with van der Waals surface area (Å²) in [6.07, 6.45) is 1.67. The summed E-state index contributed by atoms with van der Waals surface area (Å²) in [5, 5.41) is 0. The van der Waals surface area contributed by atoms with Gasteiger partial charge in [-0.05, 0) is 43.0 Å². The first-order chi connectivity index (χ1) is 6.59. The minimum atomic E-state index is -0.420. The Bertz CT molecular complexity index is 339. The Kier molecular flexibility index (Phi) is 3.95. The third-order valence-corrected chi connectivity index (χ3v) is 2.08. The molecule has 1 aromatic rings. The molecular weight excluding hydrogens is 204 g/mol. The van der Waals surface area contributed by atoms with E-state index in [4.69, 9.17) is 5.73 Å². The van der Waals surface area contributed by atoms with Crippen LogP contribution in [-0.2, 0) is 6.42 Å². The molecule has 4 heteroatoms. The lowest BCUT2D eigenvalue weighted by molar-refractivity contribution is 0.582. The molecule has 0 atom stereocenters. The van der Waals surface area contributed by atoms with Gasteiger partial charge < -0.3 is 5.73 Å². The van der Waals surface area contributed by atoms with Gasteiger partial charge in [-0.2, -0.15) is 0 Å². The van der Waals surface area contributed by atoms with Crippen molar-refractivity contribution in [1.29, 1.82) is 0 Å². The molecule has 0 unspecified atom stereocenters. The molecule has 0 saturated heterocycles. The molecular formula is C10H11F2NS. The molecule has 0 saturated carbocycles. The summed E-state index contributed by atoms with van der Waals surface area (Å²) in [6.45, 7) is 0. The Hall–Kier alpha value is -1.03. The number of nitrogens with two attached hydrogens (primary N) is 1. The van der Waals surface area contributed by atoms with Crippen LogP contribution in [0.5, 0.6) is 0 Å². The molecule has 0 aliphatic rings. The van der Waals surface area contributed by atoms with Gasteiger partial charge in [-0.15, -0.1) is 0 Å². The number of halogens is 2. The van der Waals surface area contributed by atoms with Gasteiger partial charge in [0, 0.05) is 0 Å². The maximum atomic E-state index is 13.1. The van der Waals surface area contributed by atoms with Gasteiger partial charge in [0.15, 0.2) is 0 Å². The molecule has 0 aromatic heterocycles. The Labute approximate surface area is 86.9 Å². The molecule has 0 aliphatic carbocycles. The lowest BCUT2D eigenvalue weighted by Gasteiger charge is -2.02. The highest BCUT2D eigenvalue weighted by molar-refractivity contribution is 7.80. The zero-order valence-corrected chi connectivity index (χ0v) is 8.41. The van der Waals surface area contributed by atoms with Crippen LogP contribution in [0.2, 0.25) is 0 Å². The van der Waals surface area contributed by atoms with Gasteiger partial charge in [-0.3, -0.25) is 0 Å². The van der Waals surface area contributed by atoms with Gasteiger partial charge in [0.1, 0.15) is 11.6 Å². The van der Waals surface area contributed by atoms with Crippen molar-refractivity contribution in [2.24, 2.45) is 5.73 Å². The average molecular weight is 215 g/mol. The molecule has 1 nitrogen and oxygen atoms in total. The largest absolute Gasteiger partial charge is 0.393 e. The summed E-state index contributed by atoms with van der Waals surface area (Å²) in [5.74, 6) is -0.800. The Balaban J connectivity index is 2.57. The summed E-state index contributed by atoms with van der Waals surface area (Å²) < 4.78 is 25.8. The van der Waals surface area contributed by atoms with Crippen LogP contribution in [0.15, 0.2) is 18.2 Å². The Morgan fingerprint density at radius 1 is 1.36 bits per heavy atom. The van der Waals surface area contributed by atoms with E-state index in [9.17, 15) is 8.78 Å².